The highest BCUT2D eigenvalue weighted by Gasteiger charge is 2.19. The Balaban J connectivity index is 1.77. The van der Waals surface area contributed by atoms with Crippen LogP contribution in [-0.2, 0) is 10.1 Å². The quantitative estimate of drug-likeness (QED) is 0.374. The van der Waals surface area contributed by atoms with Crippen molar-refractivity contribution >= 4 is 22.0 Å². The Hall–Kier alpha value is -3.58. The predicted octanol–water partition coefficient (Wildman–Crippen LogP) is 3.76. The van der Waals surface area contributed by atoms with Crippen LogP contribution < -0.4 is 4.18 Å². The number of carbonyl (C=O) groups is 1. The van der Waals surface area contributed by atoms with Crippen LogP contribution >= 0.6 is 0 Å². The van der Waals surface area contributed by atoms with Crippen LogP contribution in [0, 0.1) is 0 Å². The zero-order chi connectivity index (χ0) is 20.1. The molecule has 0 aliphatic carbocycles. The van der Waals surface area contributed by atoms with Gasteiger partial charge in [0.05, 0.1) is 0 Å². The number of allylic oxidation sites excluding steroid dienone is 1. The van der Waals surface area contributed by atoms with E-state index < -0.39 is 15.9 Å². The number of ketones is 1. The van der Waals surface area contributed by atoms with E-state index in [2.05, 4.69) is 0 Å². The second kappa shape index (κ2) is 7.98. The molecule has 0 saturated heterocycles. The fraction of sp³-hybridized carbons (Fsp3) is 0. The summed E-state index contributed by atoms with van der Waals surface area (Å²) < 4.78 is 29.5. The molecule has 2 N–H and O–H groups in total. The van der Waals surface area contributed by atoms with Crippen LogP contribution in [0.2, 0.25) is 0 Å². The highest BCUT2D eigenvalue weighted by Crippen LogP contribution is 2.30. The van der Waals surface area contributed by atoms with Crippen molar-refractivity contribution in [3.63, 3.8) is 0 Å². The number of phenolic OH excluding ortho intramolecular Hbond substituents is 2. The van der Waals surface area contributed by atoms with Gasteiger partial charge in [0.2, 0.25) is 0 Å². The van der Waals surface area contributed by atoms with Gasteiger partial charge >= 0.3 is 10.1 Å². The van der Waals surface area contributed by atoms with Crippen molar-refractivity contribution in [2.75, 3.05) is 0 Å². The van der Waals surface area contributed by atoms with Crippen LogP contribution in [0.1, 0.15) is 15.9 Å². The summed E-state index contributed by atoms with van der Waals surface area (Å²) >= 11 is 0. The summed E-state index contributed by atoms with van der Waals surface area (Å²) in [7, 11) is -4.23. The van der Waals surface area contributed by atoms with Crippen LogP contribution in [0.25, 0.3) is 6.08 Å². The third-order valence-corrected chi connectivity index (χ3v) is 5.00. The van der Waals surface area contributed by atoms with Gasteiger partial charge in [0.1, 0.15) is 10.6 Å². The van der Waals surface area contributed by atoms with Crippen LogP contribution in [-0.4, -0.2) is 24.4 Å². The molecule has 0 saturated carbocycles. The lowest BCUT2D eigenvalue weighted by molar-refractivity contribution is 0.104. The summed E-state index contributed by atoms with van der Waals surface area (Å²) in [6.45, 7) is 0. The fourth-order valence-electron chi connectivity index (χ4n) is 2.38. The first-order valence-electron chi connectivity index (χ1n) is 8.19. The number of phenols is 2. The fourth-order valence-corrected chi connectivity index (χ4v) is 3.37. The summed E-state index contributed by atoms with van der Waals surface area (Å²) in [5.41, 5.74) is 1.02. The van der Waals surface area contributed by atoms with Crippen molar-refractivity contribution in [2.45, 2.75) is 4.90 Å². The first-order valence-corrected chi connectivity index (χ1v) is 9.60. The highest BCUT2D eigenvalue weighted by molar-refractivity contribution is 7.87. The zero-order valence-corrected chi connectivity index (χ0v) is 15.3. The van der Waals surface area contributed by atoms with Gasteiger partial charge in [-0.25, -0.2) is 0 Å². The van der Waals surface area contributed by atoms with Crippen molar-refractivity contribution in [1.82, 2.24) is 0 Å². The first-order chi connectivity index (χ1) is 13.3. The molecular formula is C21H16O6S. The zero-order valence-electron chi connectivity index (χ0n) is 14.5. The molecule has 0 fully saturated rings. The maximum atomic E-state index is 12.3. The molecular weight excluding hydrogens is 380 g/mol. The SMILES string of the molecule is O=C(C=Cc1ccc(OS(=O)(=O)c2cccc(O)c2)c(O)c1)c1ccccc1. The van der Waals surface area contributed by atoms with E-state index in [1.54, 1.807) is 24.3 Å². The maximum absolute atomic E-state index is 12.3. The number of aromatic hydroxyl groups is 2. The minimum atomic E-state index is -4.23. The molecule has 0 heterocycles. The van der Waals surface area contributed by atoms with Crippen molar-refractivity contribution < 1.29 is 27.6 Å². The van der Waals surface area contributed by atoms with E-state index in [1.807, 2.05) is 6.07 Å². The molecule has 28 heavy (non-hydrogen) atoms. The molecule has 7 heteroatoms. The van der Waals surface area contributed by atoms with E-state index in [1.165, 1.54) is 48.6 Å². The van der Waals surface area contributed by atoms with Gasteiger partial charge < -0.3 is 14.4 Å². The van der Waals surface area contributed by atoms with Crippen molar-refractivity contribution in [3.05, 3.63) is 90.0 Å². The molecule has 0 atom stereocenters. The highest BCUT2D eigenvalue weighted by atomic mass is 32.2. The van der Waals surface area contributed by atoms with E-state index in [4.69, 9.17) is 4.18 Å². The summed E-state index contributed by atoms with van der Waals surface area (Å²) in [6.07, 6.45) is 2.86. The van der Waals surface area contributed by atoms with E-state index in [0.29, 0.717) is 11.1 Å². The van der Waals surface area contributed by atoms with Crippen molar-refractivity contribution in [1.29, 1.82) is 0 Å². The smallest absolute Gasteiger partial charge is 0.339 e. The maximum Gasteiger partial charge on any atom is 0.339 e. The average molecular weight is 396 g/mol. The molecule has 142 valence electrons. The normalized spacial score (nSPS) is 11.4. The van der Waals surface area contributed by atoms with Crippen LogP contribution in [0.15, 0.2) is 83.8 Å². The molecule has 0 aliphatic rings. The Labute approximate surface area is 162 Å². The largest absolute Gasteiger partial charge is 0.508 e. The van der Waals surface area contributed by atoms with Gasteiger partial charge in [-0.15, -0.1) is 0 Å². The number of benzene rings is 3. The second-order valence-electron chi connectivity index (χ2n) is 5.83. The van der Waals surface area contributed by atoms with E-state index >= 15 is 0 Å². The summed E-state index contributed by atoms with van der Waals surface area (Å²) in [6, 6.07) is 17.8. The minimum Gasteiger partial charge on any atom is -0.508 e. The standard InChI is InChI=1S/C21H16O6S/c22-17-7-4-8-18(14-17)28(25,26)27-21-12-10-15(13-20(21)24)9-11-19(23)16-5-2-1-3-6-16/h1-14,22,24H. The lowest BCUT2D eigenvalue weighted by Gasteiger charge is -2.09. The monoisotopic (exact) mass is 396 g/mol. The summed E-state index contributed by atoms with van der Waals surface area (Å²) in [5, 5.41) is 19.5. The van der Waals surface area contributed by atoms with Gasteiger partial charge in [0.15, 0.2) is 17.3 Å². The van der Waals surface area contributed by atoms with Crippen LogP contribution in [0.3, 0.4) is 0 Å². The predicted molar refractivity (Wildman–Crippen MR) is 104 cm³/mol. The molecule has 6 nitrogen and oxygen atoms in total. The molecule has 0 radical (unpaired) electrons. The van der Waals surface area contributed by atoms with E-state index in [9.17, 15) is 23.4 Å². The molecule has 3 aromatic carbocycles. The number of hydrogen-bond donors (Lipinski definition) is 2. The Morgan fingerprint density at radius 1 is 0.893 bits per heavy atom. The van der Waals surface area contributed by atoms with Gasteiger partial charge in [-0.3, -0.25) is 4.79 Å². The molecule has 0 aromatic heterocycles. The Kier molecular flexibility index (Phi) is 5.47. The lowest BCUT2D eigenvalue weighted by atomic mass is 10.1. The lowest BCUT2D eigenvalue weighted by Crippen LogP contribution is -2.09. The second-order valence-corrected chi connectivity index (χ2v) is 7.37. The number of carbonyl (C=O) groups excluding carboxylic acids is 1. The van der Waals surface area contributed by atoms with E-state index in [-0.39, 0.29) is 22.2 Å². The van der Waals surface area contributed by atoms with Gasteiger partial charge in [-0.2, -0.15) is 8.42 Å². The van der Waals surface area contributed by atoms with Gasteiger partial charge in [0.25, 0.3) is 0 Å². The first kappa shape index (κ1) is 19.2. The Bertz CT molecular complexity index is 1130. The van der Waals surface area contributed by atoms with Gasteiger partial charge in [-0.1, -0.05) is 48.5 Å². The summed E-state index contributed by atoms with van der Waals surface area (Å²) in [4.78, 5) is 11.8. The van der Waals surface area contributed by atoms with Crippen LogP contribution in [0.4, 0.5) is 0 Å². The van der Waals surface area contributed by atoms with Crippen molar-refractivity contribution in [2.24, 2.45) is 0 Å². The van der Waals surface area contributed by atoms with Crippen LogP contribution in [0.5, 0.6) is 17.2 Å². The third-order valence-electron chi connectivity index (χ3n) is 3.77. The van der Waals surface area contributed by atoms with E-state index in [0.717, 1.165) is 6.07 Å². The van der Waals surface area contributed by atoms with Gasteiger partial charge in [-0.05, 0) is 35.9 Å². The van der Waals surface area contributed by atoms with Gasteiger partial charge in [0, 0.05) is 11.6 Å². The molecule has 0 aliphatic heterocycles. The molecule has 0 bridgehead atoms. The molecule has 0 amide bonds. The third kappa shape index (κ3) is 4.57. The number of hydrogen-bond acceptors (Lipinski definition) is 6. The average Bonchev–Trinajstić information content (AvgIpc) is 2.68. The molecule has 0 spiro atoms. The summed E-state index contributed by atoms with van der Waals surface area (Å²) in [5.74, 6) is -1.10. The minimum absolute atomic E-state index is 0.202. The van der Waals surface area contributed by atoms with Crippen molar-refractivity contribution in [3.8, 4) is 17.2 Å². The Morgan fingerprint density at radius 3 is 2.32 bits per heavy atom. The number of rotatable bonds is 6. The molecule has 3 rings (SSSR count). The molecule has 3 aromatic rings. The topological polar surface area (TPSA) is 101 Å². The Morgan fingerprint density at radius 2 is 1.64 bits per heavy atom. The molecule has 0 unspecified atom stereocenters.